The molecule has 30 heavy (non-hydrogen) atoms. The molecule has 0 fully saturated rings. The number of aryl methyl sites for hydroxylation is 1. The number of methoxy groups -OCH3 is 1. The van der Waals surface area contributed by atoms with Crippen LogP contribution in [0.3, 0.4) is 0 Å². The summed E-state index contributed by atoms with van der Waals surface area (Å²) in [6.45, 7) is 1.79. The smallest absolute Gasteiger partial charge is 0.323 e. The summed E-state index contributed by atoms with van der Waals surface area (Å²) >= 11 is 0. The van der Waals surface area contributed by atoms with Gasteiger partial charge in [-0.25, -0.2) is 9.78 Å². The average Bonchev–Trinajstić information content (AvgIpc) is 2.75. The van der Waals surface area contributed by atoms with Crippen LogP contribution in [0.2, 0.25) is 0 Å². The fourth-order valence-electron chi connectivity index (χ4n) is 3.27. The maximum absolute atomic E-state index is 12.9. The van der Waals surface area contributed by atoms with Gasteiger partial charge in [0.2, 0.25) is 0 Å². The summed E-state index contributed by atoms with van der Waals surface area (Å²) < 4.78 is 6.79. The van der Waals surface area contributed by atoms with E-state index >= 15 is 0 Å². The van der Waals surface area contributed by atoms with Crippen molar-refractivity contribution < 1.29 is 9.53 Å². The molecule has 4 rings (SSSR count). The van der Waals surface area contributed by atoms with Crippen LogP contribution in [-0.4, -0.2) is 22.7 Å². The quantitative estimate of drug-likeness (QED) is 0.533. The van der Waals surface area contributed by atoms with E-state index in [1.54, 1.807) is 61.1 Å². The number of anilines is 2. The van der Waals surface area contributed by atoms with Gasteiger partial charge < -0.3 is 15.4 Å². The first-order valence-electron chi connectivity index (χ1n) is 9.36. The Morgan fingerprint density at radius 2 is 1.63 bits per heavy atom. The van der Waals surface area contributed by atoms with Crippen LogP contribution in [0.5, 0.6) is 5.75 Å². The lowest BCUT2D eigenvalue weighted by molar-refractivity contribution is 0.262. The normalized spacial score (nSPS) is 10.6. The second-order valence-electron chi connectivity index (χ2n) is 6.64. The van der Waals surface area contributed by atoms with E-state index < -0.39 is 6.03 Å². The van der Waals surface area contributed by atoms with Gasteiger partial charge in [-0.1, -0.05) is 24.3 Å². The number of carbonyl (C=O) groups excluding carboxylic acids is 1. The first-order valence-corrected chi connectivity index (χ1v) is 9.36. The van der Waals surface area contributed by atoms with Gasteiger partial charge in [0.05, 0.1) is 29.4 Å². The molecule has 1 heterocycles. The minimum Gasteiger partial charge on any atom is -0.495 e. The number of nitrogens with one attached hydrogen (secondary N) is 2. The molecule has 0 aliphatic heterocycles. The topological polar surface area (TPSA) is 85.2 Å². The van der Waals surface area contributed by atoms with E-state index in [9.17, 15) is 9.59 Å². The van der Waals surface area contributed by atoms with Gasteiger partial charge >= 0.3 is 6.03 Å². The minimum atomic E-state index is -0.395. The highest BCUT2D eigenvalue weighted by atomic mass is 16.5. The van der Waals surface area contributed by atoms with Crippen LogP contribution < -0.4 is 20.9 Å². The molecule has 0 aliphatic carbocycles. The number of aromatic nitrogens is 2. The van der Waals surface area contributed by atoms with Crippen LogP contribution in [0.1, 0.15) is 5.82 Å². The monoisotopic (exact) mass is 400 g/mol. The number of amides is 2. The Morgan fingerprint density at radius 1 is 0.933 bits per heavy atom. The number of rotatable bonds is 4. The molecule has 150 valence electrons. The second kappa shape index (κ2) is 8.08. The number of hydrogen-bond donors (Lipinski definition) is 2. The molecule has 2 amide bonds. The third-order valence-electron chi connectivity index (χ3n) is 4.68. The van der Waals surface area contributed by atoms with Gasteiger partial charge in [0, 0.05) is 5.69 Å². The second-order valence-corrected chi connectivity index (χ2v) is 6.64. The maximum atomic E-state index is 12.9. The Hall–Kier alpha value is -4.13. The van der Waals surface area contributed by atoms with Crippen molar-refractivity contribution in [2.24, 2.45) is 0 Å². The molecule has 3 aromatic carbocycles. The highest BCUT2D eigenvalue weighted by molar-refractivity contribution is 6.00. The minimum absolute atomic E-state index is 0.132. The van der Waals surface area contributed by atoms with Gasteiger partial charge in [0.1, 0.15) is 11.6 Å². The van der Waals surface area contributed by atoms with E-state index in [-0.39, 0.29) is 5.56 Å². The number of urea groups is 1. The van der Waals surface area contributed by atoms with E-state index in [0.717, 1.165) is 0 Å². The summed E-state index contributed by atoms with van der Waals surface area (Å²) in [5.74, 6) is 1.16. The molecule has 0 spiro atoms. The zero-order valence-corrected chi connectivity index (χ0v) is 16.5. The van der Waals surface area contributed by atoms with Crippen molar-refractivity contribution in [3.8, 4) is 11.4 Å². The molecule has 4 aromatic rings. The number of ether oxygens (including phenoxy) is 1. The third kappa shape index (κ3) is 3.73. The Kier molecular flexibility index (Phi) is 5.17. The van der Waals surface area contributed by atoms with E-state index in [1.165, 1.54) is 0 Å². The van der Waals surface area contributed by atoms with Gasteiger partial charge in [0.25, 0.3) is 5.56 Å². The van der Waals surface area contributed by atoms with E-state index in [2.05, 4.69) is 15.6 Å². The van der Waals surface area contributed by atoms with Crippen LogP contribution >= 0.6 is 0 Å². The molecule has 7 heteroatoms. The molecular weight excluding hydrogens is 380 g/mol. The molecule has 0 saturated heterocycles. The van der Waals surface area contributed by atoms with Crippen molar-refractivity contribution in [2.75, 3.05) is 17.7 Å². The number of fused-ring (bicyclic) bond motifs is 1. The van der Waals surface area contributed by atoms with Crippen molar-refractivity contribution in [2.45, 2.75) is 6.92 Å². The lowest BCUT2D eigenvalue weighted by atomic mass is 10.2. The fraction of sp³-hybridized carbons (Fsp3) is 0.0870. The van der Waals surface area contributed by atoms with Gasteiger partial charge in [-0.05, 0) is 55.5 Å². The molecule has 0 bridgehead atoms. The summed E-state index contributed by atoms with van der Waals surface area (Å²) in [4.78, 5) is 29.7. The van der Waals surface area contributed by atoms with Crippen LogP contribution in [0.4, 0.5) is 16.2 Å². The SMILES string of the molecule is COc1ccccc1NC(=O)Nc1ccc(-n2c(C)nc3ccccc3c2=O)cc1. The zero-order chi connectivity index (χ0) is 21.1. The fourth-order valence-corrected chi connectivity index (χ4v) is 3.27. The van der Waals surface area contributed by atoms with Crippen LogP contribution in [-0.2, 0) is 0 Å². The predicted octanol–water partition coefficient (Wildman–Crippen LogP) is 4.35. The average molecular weight is 400 g/mol. The molecular formula is C23H20N4O3. The molecule has 0 atom stereocenters. The molecule has 0 unspecified atom stereocenters. The molecule has 2 N–H and O–H groups in total. The molecule has 7 nitrogen and oxygen atoms in total. The number of carbonyl (C=O) groups is 1. The summed E-state index contributed by atoms with van der Waals surface area (Å²) in [7, 11) is 1.54. The van der Waals surface area contributed by atoms with Crippen molar-refractivity contribution in [3.05, 3.63) is 89.0 Å². The highest BCUT2D eigenvalue weighted by Gasteiger charge is 2.11. The van der Waals surface area contributed by atoms with Gasteiger partial charge in [-0.2, -0.15) is 0 Å². The van der Waals surface area contributed by atoms with Gasteiger partial charge in [-0.15, -0.1) is 0 Å². The van der Waals surface area contributed by atoms with Crippen molar-refractivity contribution >= 4 is 28.3 Å². The standard InChI is InChI=1S/C23H20N4O3/c1-15-24-19-8-4-3-7-18(19)22(28)27(15)17-13-11-16(12-14-17)25-23(29)26-20-9-5-6-10-21(20)30-2/h3-14H,1-2H3,(H2,25,26,29). The first kappa shape index (κ1) is 19.2. The number of nitrogens with zero attached hydrogens (tertiary/aromatic N) is 2. The van der Waals surface area contributed by atoms with Crippen molar-refractivity contribution in [3.63, 3.8) is 0 Å². The highest BCUT2D eigenvalue weighted by Crippen LogP contribution is 2.23. The lowest BCUT2D eigenvalue weighted by Gasteiger charge is -2.13. The van der Waals surface area contributed by atoms with Gasteiger partial charge in [-0.3, -0.25) is 9.36 Å². The first-order chi connectivity index (χ1) is 14.6. The Morgan fingerprint density at radius 3 is 2.40 bits per heavy atom. The molecule has 0 saturated carbocycles. The summed E-state index contributed by atoms with van der Waals surface area (Å²) in [5.41, 5.74) is 2.37. The largest absolute Gasteiger partial charge is 0.495 e. The summed E-state index contributed by atoms with van der Waals surface area (Å²) in [6, 6.07) is 21.0. The third-order valence-corrected chi connectivity index (χ3v) is 4.68. The van der Waals surface area contributed by atoms with Crippen molar-refractivity contribution in [1.29, 1.82) is 0 Å². The Labute approximate surface area is 173 Å². The van der Waals surface area contributed by atoms with Crippen molar-refractivity contribution in [1.82, 2.24) is 9.55 Å². The zero-order valence-electron chi connectivity index (χ0n) is 16.5. The molecule has 0 aliphatic rings. The summed E-state index contributed by atoms with van der Waals surface area (Å²) in [5, 5.41) is 6.08. The number of hydrogen-bond acceptors (Lipinski definition) is 4. The predicted molar refractivity (Wildman–Crippen MR) is 118 cm³/mol. The van der Waals surface area contributed by atoms with Crippen LogP contribution in [0.15, 0.2) is 77.6 Å². The number of benzene rings is 3. The van der Waals surface area contributed by atoms with E-state index in [0.29, 0.717) is 39.5 Å². The van der Waals surface area contributed by atoms with E-state index in [4.69, 9.17) is 4.74 Å². The van der Waals surface area contributed by atoms with E-state index in [1.807, 2.05) is 30.3 Å². The molecule has 1 aromatic heterocycles. The maximum Gasteiger partial charge on any atom is 0.323 e. The lowest BCUT2D eigenvalue weighted by Crippen LogP contribution is -2.22. The number of para-hydroxylation sites is 3. The van der Waals surface area contributed by atoms with Gasteiger partial charge in [0.15, 0.2) is 0 Å². The van der Waals surface area contributed by atoms with Crippen LogP contribution in [0.25, 0.3) is 16.6 Å². The Balaban J connectivity index is 1.56. The molecule has 0 radical (unpaired) electrons. The summed E-state index contributed by atoms with van der Waals surface area (Å²) in [6.07, 6.45) is 0. The Bertz CT molecular complexity index is 1280. The van der Waals surface area contributed by atoms with Crippen LogP contribution in [0, 0.1) is 6.92 Å².